The Balaban J connectivity index is 1.54. The molecule has 5 saturated carbocycles. The second-order valence-electron chi connectivity index (χ2n) is 14.4. The predicted molar refractivity (Wildman–Crippen MR) is 127 cm³/mol. The highest BCUT2D eigenvalue weighted by Crippen LogP contribution is 2.71. The molecule has 8 unspecified atom stereocenters. The maximum absolute atomic E-state index is 14.1. The topological polar surface area (TPSA) is 60.4 Å². The first-order valence-electron chi connectivity index (χ1n) is 13.5. The molecule has 0 N–H and O–H groups in total. The number of hydrogen-bond donors (Lipinski definition) is 0. The molecule has 0 heterocycles. The van der Waals surface area contributed by atoms with Gasteiger partial charge in [-0.25, -0.2) is 0 Å². The molecular formula is C29H44O4. The largest absolute Gasteiger partial charge is 0.461 e. The number of Topliss-reactive ketones (excluding diaryl/α,β-unsaturated/α-hetero) is 2. The zero-order chi connectivity index (χ0) is 24.0. The summed E-state index contributed by atoms with van der Waals surface area (Å²) >= 11 is 0. The summed E-state index contributed by atoms with van der Waals surface area (Å²) in [5.74, 6) is 2.06. The van der Waals surface area contributed by atoms with Crippen LogP contribution in [0.4, 0.5) is 0 Å². The third-order valence-corrected chi connectivity index (χ3v) is 12.2. The third-order valence-electron chi connectivity index (χ3n) is 12.2. The number of fused-ring (bicyclic) bond motifs is 7. The van der Waals surface area contributed by atoms with Crippen LogP contribution in [0.1, 0.15) is 106 Å². The zero-order valence-electron chi connectivity index (χ0n) is 21.7. The van der Waals surface area contributed by atoms with Crippen LogP contribution < -0.4 is 0 Å². The maximum Gasteiger partial charge on any atom is 0.293 e. The van der Waals surface area contributed by atoms with Crippen LogP contribution in [0.5, 0.6) is 0 Å². The molecule has 0 aromatic heterocycles. The summed E-state index contributed by atoms with van der Waals surface area (Å²) in [6, 6.07) is 0. The first-order valence-corrected chi connectivity index (χ1v) is 13.5. The highest BCUT2D eigenvalue weighted by atomic mass is 16.5. The van der Waals surface area contributed by atoms with E-state index in [9.17, 15) is 14.4 Å². The minimum Gasteiger partial charge on any atom is -0.461 e. The van der Waals surface area contributed by atoms with Crippen molar-refractivity contribution in [1.29, 1.82) is 0 Å². The summed E-state index contributed by atoms with van der Waals surface area (Å²) in [6.45, 7) is 14.5. The van der Waals surface area contributed by atoms with Crippen LogP contribution in [0.15, 0.2) is 0 Å². The van der Waals surface area contributed by atoms with Crippen molar-refractivity contribution in [2.75, 3.05) is 0 Å². The monoisotopic (exact) mass is 456 g/mol. The minimum absolute atomic E-state index is 0.0120. The molecule has 5 aliphatic carbocycles. The van der Waals surface area contributed by atoms with Gasteiger partial charge in [-0.1, -0.05) is 41.5 Å². The summed E-state index contributed by atoms with van der Waals surface area (Å²) in [4.78, 5) is 38.5. The number of ketones is 2. The summed E-state index contributed by atoms with van der Waals surface area (Å²) in [6.07, 6.45) is 9.21. The molecule has 33 heavy (non-hydrogen) atoms. The van der Waals surface area contributed by atoms with Crippen LogP contribution in [-0.4, -0.2) is 23.6 Å². The molecule has 0 aliphatic heterocycles. The average molecular weight is 457 g/mol. The molecule has 0 aromatic rings. The minimum atomic E-state index is -0.447. The molecule has 5 rings (SSSR count). The molecule has 5 fully saturated rings. The Bertz CT molecular complexity index is 873. The summed E-state index contributed by atoms with van der Waals surface area (Å²) in [5, 5.41) is 0. The highest BCUT2D eigenvalue weighted by Gasteiger charge is 2.68. The Hall–Kier alpha value is -1.19. The molecule has 0 spiro atoms. The Morgan fingerprint density at radius 2 is 1.55 bits per heavy atom. The predicted octanol–water partition coefficient (Wildman–Crippen LogP) is 6.15. The molecule has 0 aromatic carbocycles. The van der Waals surface area contributed by atoms with E-state index in [1.807, 2.05) is 0 Å². The van der Waals surface area contributed by atoms with Crippen molar-refractivity contribution in [2.45, 2.75) is 111 Å². The van der Waals surface area contributed by atoms with Crippen LogP contribution >= 0.6 is 0 Å². The first-order chi connectivity index (χ1) is 15.3. The normalized spacial score (nSPS) is 50.3. The first kappa shape index (κ1) is 23.5. The van der Waals surface area contributed by atoms with Gasteiger partial charge >= 0.3 is 0 Å². The molecule has 4 heteroatoms. The Morgan fingerprint density at radius 3 is 2.24 bits per heavy atom. The van der Waals surface area contributed by atoms with E-state index in [1.165, 1.54) is 0 Å². The van der Waals surface area contributed by atoms with Gasteiger partial charge in [0.2, 0.25) is 0 Å². The van der Waals surface area contributed by atoms with E-state index in [1.54, 1.807) is 0 Å². The van der Waals surface area contributed by atoms with E-state index in [-0.39, 0.29) is 33.5 Å². The van der Waals surface area contributed by atoms with Gasteiger partial charge in [-0.15, -0.1) is 0 Å². The second kappa shape index (κ2) is 7.17. The molecule has 4 nitrogen and oxygen atoms in total. The fraction of sp³-hybridized carbons (Fsp3) is 0.897. The fourth-order valence-electron chi connectivity index (χ4n) is 10.4. The molecule has 0 saturated heterocycles. The summed E-state index contributed by atoms with van der Waals surface area (Å²) in [7, 11) is 0. The summed E-state index contributed by atoms with van der Waals surface area (Å²) in [5.41, 5.74) is -0.392. The third kappa shape index (κ3) is 3.10. The number of rotatable bonds is 2. The van der Waals surface area contributed by atoms with E-state index in [0.717, 1.165) is 51.4 Å². The van der Waals surface area contributed by atoms with Gasteiger partial charge in [0.05, 0.1) is 0 Å². The summed E-state index contributed by atoms with van der Waals surface area (Å²) < 4.78 is 5.91. The van der Waals surface area contributed by atoms with Crippen molar-refractivity contribution in [3.05, 3.63) is 0 Å². The van der Waals surface area contributed by atoms with Crippen LogP contribution in [0, 0.1) is 51.2 Å². The number of carbonyl (C=O) groups is 3. The van der Waals surface area contributed by atoms with Crippen molar-refractivity contribution >= 4 is 18.0 Å². The van der Waals surface area contributed by atoms with Crippen molar-refractivity contribution in [3.8, 4) is 0 Å². The molecule has 184 valence electrons. The Morgan fingerprint density at radius 1 is 0.818 bits per heavy atom. The smallest absolute Gasteiger partial charge is 0.293 e. The van der Waals surface area contributed by atoms with Crippen molar-refractivity contribution in [2.24, 2.45) is 51.2 Å². The Labute approximate surface area is 200 Å². The van der Waals surface area contributed by atoms with E-state index < -0.39 is 5.60 Å². The van der Waals surface area contributed by atoms with Crippen molar-refractivity contribution in [1.82, 2.24) is 0 Å². The average Bonchev–Trinajstić information content (AvgIpc) is 2.73. The van der Waals surface area contributed by atoms with Gasteiger partial charge in [-0.2, -0.15) is 0 Å². The lowest BCUT2D eigenvalue weighted by molar-refractivity contribution is -0.220. The van der Waals surface area contributed by atoms with Gasteiger partial charge in [0.25, 0.3) is 6.47 Å². The fourth-order valence-corrected chi connectivity index (χ4v) is 10.4. The molecule has 5 aliphatic rings. The quantitative estimate of drug-likeness (QED) is 0.468. The standard InChI is InChI=1S/C29H44O4/c1-25(2)13-14-29(33-17-30)12-7-18-24(19(29)16-25)20(31)15-22-27(18,5)10-8-21-26(3,4)23(32)9-11-28(21,22)6/h17-19,21-22,24H,7-16H2,1-6H3. The van der Waals surface area contributed by atoms with E-state index in [2.05, 4.69) is 41.5 Å². The van der Waals surface area contributed by atoms with E-state index in [4.69, 9.17) is 4.74 Å². The lowest BCUT2D eigenvalue weighted by Crippen LogP contribution is -2.66. The Kier molecular flexibility index (Phi) is 5.11. The molecule has 0 bridgehead atoms. The van der Waals surface area contributed by atoms with Gasteiger partial charge in [0, 0.05) is 30.1 Å². The molecule has 0 radical (unpaired) electrons. The van der Waals surface area contributed by atoms with Crippen LogP contribution in [0.2, 0.25) is 0 Å². The van der Waals surface area contributed by atoms with Crippen LogP contribution in [0.25, 0.3) is 0 Å². The zero-order valence-corrected chi connectivity index (χ0v) is 21.7. The lowest BCUT2D eigenvalue weighted by atomic mass is 9.36. The SMILES string of the molecule is CC1(C)CCC2(OC=O)CCC3C(C(=O)CC4C3(C)CCC3C(C)(C)C(=O)CCC34C)C2C1. The van der Waals surface area contributed by atoms with Gasteiger partial charge < -0.3 is 4.74 Å². The molecular weight excluding hydrogens is 412 g/mol. The number of hydrogen-bond acceptors (Lipinski definition) is 4. The second-order valence-corrected chi connectivity index (χ2v) is 14.4. The van der Waals surface area contributed by atoms with Gasteiger partial charge in [-0.05, 0) is 85.4 Å². The van der Waals surface area contributed by atoms with Gasteiger partial charge in [0.1, 0.15) is 17.2 Å². The van der Waals surface area contributed by atoms with E-state index >= 15 is 0 Å². The van der Waals surface area contributed by atoms with Crippen LogP contribution in [0.3, 0.4) is 0 Å². The van der Waals surface area contributed by atoms with Crippen LogP contribution in [-0.2, 0) is 19.1 Å². The number of carbonyl (C=O) groups excluding carboxylic acids is 3. The molecule has 0 amide bonds. The van der Waals surface area contributed by atoms with Gasteiger partial charge in [-0.3, -0.25) is 14.4 Å². The molecule has 8 atom stereocenters. The van der Waals surface area contributed by atoms with Gasteiger partial charge in [0.15, 0.2) is 0 Å². The highest BCUT2D eigenvalue weighted by molar-refractivity contribution is 5.86. The van der Waals surface area contributed by atoms with E-state index in [0.29, 0.717) is 48.6 Å². The lowest BCUT2D eigenvalue weighted by Gasteiger charge is -2.68. The maximum atomic E-state index is 14.1. The van der Waals surface area contributed by atoms with Crippen molar-refractivity contribution < 1.29 is 19.1 Å². The number of ether oxygens (including phenoxy) is 1. The van der Waals surface area contributed by atoms with Crippen molar-refractivity contribution in [3.63, 3.8) is 0 Å².